The third-order valence-corrected chi connectivity index (χ3v) is 4.81. The van der Waals surface area contributed by atoms with E-state index < -0.39 is 32.5 Å². The molecule has 0 atom stereocenters. The van der Waals surface area contributed by atoms with Crippen LogP contribution in [-0.2, 0) is 16.2 Å². The molecule has 5 nitrogen and oxygen atoms in total. The summed E-state index contributed by atoms with van der Waals surface area (Å²) in [5, 5.41) is 0. The fraction of sp³-hybridized carbons (Fsp3) is 0.294. The minimum absolute atomic E-state index is 0.0550. The molecule has 2 rings (SSSR count). The second kappa shape index (κ2) is 8.57. The molecule has 0 saturated carbocycles. The topological polar surface area (TPSA) is 64.6 Å². The molecule has 0 aromatic heterocycles. The maximum absolute atomic E-state index is 13.3. The summed E-state index contributed by atoms with van der Waals surface area (Å²) in [6, 6.07) is 8.11. The zero-order chi connectivity index (χ0) is 20.1. The van der Waals surface area contributed by atoms with E-state index in [2.05, 4.69) is 4.72 Å². The fourth-order valence-electron chi connectivity index (χ4n) is 2.12. The number of rotatable bonds is 8. The fourth-order valence-corrected chi connectivity index (χ4v) is 3.15. The molecule has 1 N–H and O–H groups in total. The maximum Gasteiger partial charge on any atom is 0.419 e. The van der Waals surface area contributed by atoms with Gasteiger partial charge in [0.05, 0.1) is 17.1 Å². The highest BCUT2D eigenvalue weighted by atomic mass is 32.2. The van der Waals surface area contributed by atoms with Crippen molar-refractivity contribution in [3.8, 4) is 11.5 Å². The molecule has 0 aliphatic rings. The highest BCUT2D eigenvalue weighted by molar-refractivity contribution is 7.89. The summed E-state index contributed by atoms with van der Waals surface area (Å²) in [6.45, 7) is 2.12. The number of alkyl halides is 3. The highest BCUT2D eigenvalue weighted by Gasteiger charge is 2.35. The minimum Gasteiger partial charge on any atom is -0.494 e. The molecule has 0 bridgehead atoms. The van der Waals surface area contributed by atoms with Gasteiger partial charge in [0, 0.05) is 6.54 Å². The molecule has 0 aliphatic carbocycles. The Balaban J connectivity index is 1.95. The molecular formula is C17H17F4NO4S. The first-order valence-corrected chi connectivity index (χ1v) is 9.34. The van der Waals surface area contributed by atoms with Crippen LogP contribution in [0.1, 0.15) is 12.5 Å². The van der Waals surface area contributed by atoms with Crippen LogP contribution in [0.4, 0.5) is 17.6 Å². The van der Waals surface area contributed by atoms with Gasteiger partial charge in [-0.25, -0.2) is 17.5 Å². The highest BCUT2D eigenvalue weighted by Crippen LogP contribution is 2.32. The summed E-state index contributed by atoms with van der Waals surface area (Å²) < 4.78 is 88.2. The van der Waals surface area contributed by atoms with Gasteiger partial charge in [0.1, 0.15) is 23.9 Å². The Morgan fingerprint density at radius 2 is 1.59 bits per heavy atom. The van der Waals surface area contributed by atoms with Crippen molar-refractivity contribution in [1.82, 2.24) is 4.72 Å². The average Bonchev–Trinajstić information content (AvgIpc) is 2.59. The number of ether oxygens (including phenoxy) is 2. The number of sulfonamides is 1. The summed E-state index contributed by atoms with van der Waals surface area (Å²) in [5.41, 5.74) is -1.64. The summed E-state index contributed by atoms with van der Waals surface area (Å²) in [4.78, 5) is -0.683. The molecule has 2 aromatic carbocycles. The molecule has 0 aliphatic heterocycles. The molecule has 0 radical (unpaired) electrons. The van der Waals surface area contributed by atoms with E-state index in [1.165, 1.54) is 0 Å². The van der Waals surface area contributed by atoms with Gasteiger partial charge in [-0.2, -0.15) is 13.2 Å². The van der Waals surface area contributed by atoms with E-state index >= 15 is 0 Å². The normalized spacial score (nSPS) is 12.0. The Morgan fingerprint density at radius 1 is 1.00 bits per heavy atom. The largest absolute Gasteiger partial charge is 0.494 e. The molecule has 0 spiro atoms. The smallest absolute Gasteiger partial charge is 0.419 e. The van der Waals surface area contributed by atoms with Gasteiger partial charge in [-0.05, 0) is 49.4 Å². The van der Waals surface area contributed by atoms with Crippen molar-refractivity contribution in [2.45, 2.75) is 18.0 Å². The third-order valence-electron chi connectivity index (χ3n) is 3.35. The lowest BCUT2D eigenvalue weighted by Crippen LogP contribution is -2.28. The standard InChI is InChI=1S/C17H17F4NO4S/c1-2-25-12-3-5-13(6-4-12)26-10-9-22-27(23,24)14-7-8-16(18)15(11-14)17(19,20)21/h3-8,11,22H,2,9-10H2,1H3. The van der Waals surface area contributed by atoms with Crippen LogP contribution < -0.4 is 14.2 Å². The summed E-state index contributed by atoms with van der Waals surface area (Å²) in [5.74, 6) is -0.415. The van der Waals surface area contributed by atoms with Crippen molar-refractivity contribution in [3.05, 3.63) is 53.8 Å². The Morgan fingerprint density at radius 3 is 2.15 bits per heavy atom. The van der Waals surface area contributed by atoms with Gasteiger partial charge in [-0.1, -0.05) is 0 Å². The van der Waals surface area contributed by atoms with Crippen LogP contribution >= 0.6 is 0 Å². The Hall–Kier alpha value is -2.33. The van der Waals surface area contributed by atoms with E-state index in [9.17, 15) is 26.0 Å². The lowest BCUT2D eigenvalue weighted by molar-refractivity contribution is -0.140. The monoisotopic (exact) mass is 407 g/mol. The first-order chi connectivity index (χ1) is 12.6. The van der Waals surface area contributed by atoms with E-state index in [0.29, 0.717) is 24.2 Å². The minimum atomic E-state index is -4.99. The Kier molecular flexibility index (Phi) is 6.66. The van der Waals surface area contributed by atoms with Gasteiger partial charge in [0.15, 0.2) is 0 Å². The molecule has 10 heteroatoms. The Bertz CT molecular complexity index is 867. The SMILES string of the molecule is CCOc1ccc(OCCNS(=O)(=O)c2ccc(F)c(C(F)(F)F)c2)cc1. The third kappa shape index (κ3) is 5.83. The van der Waals surface area contributed by atoms with Gasteiger partial charge in [-0.3, -0.25) is 0 Å². The average molecular weight is 407 g/mol. The number of halogens is 4. The summed E-state index contributed by atoms with van der Waals surface area (Å²) in [6.07, 6.45) is -4.99. The molecule has 27 heavy (non-hydrogen) atoms. The van der Waals surface area contributed by atoms with Gasteiger partial charge >= 0.3 is 6.18 Å². The zero-order valence-electron chi connectivity index (χ0n) is 14.2. The molecule has 2 aromatic rings. The first kappa shape index (κ1) is 21.0. The van der Waals surface area contributed by atoms with E-state index in [1.807, 2.05) is 6.92 Å². The maximum atomic E-state index is 13.3. The lowest BCUT2D eigenvalue weighted by atomic mass is 10.2. The molecule has 0 saturated heterocycles. The second-order valence-electron chi connectivity index (χ2n) is 5.29. The van der Waals surface area contributed by atoms with Crippen molar-refractivity contribution in [1.29, 1.82) is 0 Å². The van der Waals surface area contributed by atoms with Crippen molar-refractivity contribution in [2.24, 2.45) is 0 Å². The van der Waals surface area contributed by atoms with Gasteiger partial charge in [0.2, 0.25) is 10.0 Å². The van der Waals surface area contributed by atoms with Gasteiger partial charge in [0.25, 0.3) is 0 Å². The molecule has 0 unspecified atom stereocenters. The molecule has 148 valence electrons. The molecule has 0 amide bonds. The van der Waals surface area contributed by atoms with Crippen LogP contribution in [0.15, 0.2) is 47.4 Å². The van der Waals surface area contributed by atoms with Crippen molar-refractivity contribution < 1.29 is 35.5 Å². The number of nitrogens with one attached hydrogen (secondary N) is 1. The van der Waals surface area contributed by atoms with E-state index in [1.54, 1.807) is 24.3 Å². The number of hydrogen-bond acceptors (Lipinski definition) is 4. The van der Waals surface area contributed by atoms with Gasteiger partial charge < -0.3 is 9.47 Å². The van der Waals surface area contributed by atoms with E-state index in [0.717, 1.165) is 6.07 Å². The van der Waals surface area contributed by atoms with Crippen LogP contribution in [-0.4, -0.2) is 28.2 Å². The van der Waals surface area contributed by atoms with Crippen LogP contribution in [0.3, 0.4) is 0 Å². The predicted octanol–water partition coefficient (Wildman–Crippen LogP) is 3.60. The molecule has 0 fully saturated rings. The van der Waals surface area contributed by atoms with Crippen LogP contribution in [0.5, 0.6) is 11.5 Å². The van der Waals surface area contributed by atoms with Gasteiger partial charge in [-0.15, -0.1) is 0 Å². The predicted molar refractivity (Wildman–Crippen MR) is 89.7 cm³/mol. The van der Waals surface area contributed by atoms with Crippen molar-refractivity contribution in [3.63, 3.8) is 0 Å². The summed E-state index contributed by atoms with van der Waals surface area (Å²) in [7, 11) is -4.24. The van der Waals surface area contributed by atoms with Crippen LogP contribution in [0.25, 0.3) is 0 Å². The first-order valence-electron chi connectivity index (χ1n) is 7.85. The molecular weight excluding hydrogens is 390 g/mol. The van der Waals surface area contributed by atoms with E-state index in [-0.39, 0.29) is 19.2 Å². The van der Waals surface area contributed by atoms with E-state index in [4.69, 9.17) is 9.47 Å². The summed E-state index contributed by atoms with van der Waals surface area (Å²) >= 11 is 0. The Labute approximate surface area is 154 Å². The second-order valence-corrected chi connectivity index (χ2v) is 7.06. The van der Waals surface area contributed by atoms with Crippen LogP contribution in [0.2, 0.25) is 0 Å². The number of benzene rings is 2. The quantitative estimate of drug-likeness (QED) is 0.537. The molecule has 0 heterocycles. The van der Waals surface area contributed by atoms with Crippen molar-refractivity contribution >= 4 is 10.0 Å². The van der Waals surface area contributed by atoms with Crippen LogP contribution in [0, 0.1) is 5.82 Å². The number of hydrogen-bond donors (Lipinski definition) is 1. The van der Waals surface area contributed by atoms with Crippen molar-refractivity contribution in [2.75, 3.05) is 19.8 Å². The zero-order valence-corrected chi connectivity index (χ0v) is 15.0. The lowest BCUT2D eigenvalue weighted by Gasteiger charge is -2.12.